The SMILES string of the molecule is O=C(CN(CCCN1CCOCC1)C(=O)Nc1cccc(F)c1)N(Cc1ccc(F)cc1)Cc1ccco1. The Morgan fingerprint density at radius 2 is 1.71 bits per heavy atom. The van der Waals surface area contributed by atoms with Crippen LogP contribution in [-0.2, 0) is 22.6 Å². The molecule has 38 heavy (non-hydrogen) atoms. The molecule has 0 atom stereocenters. The first kappa shape index (κ1) is 27.3. The molecular weight excluding hydrogens is 494 g/mol. The number of hydrogen-bond donors (Lipinski definition) is 1. The number of rotatable bonds is 11. The van der Waals surface area contributed by atoms with Crippen molar-refractivity contribution in [3.63, 3.8) is 0 Å². The van der Waals surface area contributed by atoms with Crippen molar-refractivity contribution in [3.05, 3.63) is 89.9 Å². The summed E-state index contributed by atoms with van der Waals surface area (Å²) in [7, 11) is 0. The summed E-state index contributed by atoms with van der Waals surface area (Å²) in [4.78, 5) is 32.0. The highest BCUT2D eigenvalue weighted by molar-refractivity contribution is 5.92. The van der Waals surface area contributed by atoms with Crippen LogP contribution in [0.4, 0.5) is 19.3 Å². The highest BCUT2D eigenvalue weighted by Crippen LogP contribution is 2.14. The lowest BCUT2D eigenvalue weighted by molar-refractivity contribution is -0.133. The van der Waals surface area contributed by atoms with E-state index < -0.39 is 11.8 Å². The lowest BCUT2D eigenvalue weighted by Gasteiger charge is -2.30. The number of anilines is 1. The minimum Gasteiger partial charge on any atom is -0.467 e. The number of nitrogens with one attached hydrogen (secondary N) is 1. The molecule has 2 aromatic carbocycles. The van der Waals surface area contributed by atoms with E-state index >= 15 is 0 Å². The van der Waals surface area contributed by atoms with E-state index in [1.807, 2.05) is 0 Å². The van der Waals surface area contributed by atoms with Crippen molar-refractivity contribution < 1.29 is 27.5 Å². The number of furan rings is 1. The van der Waals surface area contributed by atoms with E-state index in [-0.39, 0.29) is 31.4 Å². The van der Waals surface area contributed by atoms with Crippen LogP contribution in [0.25, 0.3) is 0 Å². The molecule has 202 valence electrons. The van der Waals surface area contributed by atoms with Gasteiger partial charge in [0, 0.05) is 38.4 Å². The third kappa shape index (κ3) is 8.39. The highest BCUT2D eigenvalue weighted by atomic mass is 19.1. The summed E-state index contributed by atoms with van der Waals surface area (Å²) in [6.07, 6.45) is 2.18. The van der Waals surface area contributed by atoms with Crippen LogP contribution in [0.1, 0.15) is 17.7 Å². The van der Waals surface area contributed by atoms with Gasteiger partial charge < -0.3 is 24.3 Å². The standard InChI is InChI=1S/C28H32F2N4O4/c29-23-9-7-22(8-10-23)19-34(20-26-6-2-15-38-26)27(35)21-33(12-3-11-32-13-16-37-17-14-32)28(36)31-25-5-1-4-24(30)18-25/h1-2,4-10,15,18H,3,11-14,16-17,19-21H2,(H,31,36). The molecule has 0 spiro atoms. The van der Waals surface area contributed by atoms with Crippen molar-refractivity contribution in [2.75, 3.05) is 51.3 Å². The summed E-state index contributed by atoms with van der Waals surface area (Å²) in [6, 6.07) is 14.5. The summed E-state index contributed by atoms with van der Waals surface area (Å²) in [6.45, 7) is 4.30. The van der Waals surface area contributed by atoms with Crippen molar-refractivity contribution in [3.8, 4) is 0 Å². The second-order valence-corrected chi connectivity index (χ2v) is 9.13. The van der Waals surface area contributed by atoms with E-state index in [1.54, 1.807) is 35.2 Å². The predicted octanol–water partition coefficient (Wildman–Crippen LogP) is 4.34. The molecule has 0 unspecified atom stereocenters. The van der Waals surface area contributed by atoms with E-state index in [4.69, 9.17) is 9.15 Å². The predicted molar refractivity (Wildman–Crippen MR) is 138 cm³/mol. The molecule has 0 aliphatic carbocycles. The minimum absolute atomic E-state index is 0.188. The summed E-state index contributed by atoms with van der Waals surface area (Å²) < 4.78 is 37.9. The smallest absolute Gasteiger partial charge is 0.322 e. The highest BCUT2D eigenvalue weighted by Gasteiger charge is 2.23. The molecular formula is C28H32F2N4O4. The average molecular weight is 527 g/mol. The first-order chi connectivity index (χ1) is 18.5. The number of ether oxygens (including phenoxy) is 1. The van der Waals surface area contributed by atoms with Crippen molar-refractivity contribution >= 4 is 17.6 Å². The Morgan fingerprint density at radius 1 is 0.921 bits per heavy atom. The summed E-state index contributed by atoms with van der Waals surface area (Å²) in [5, 5.41) is 2.70. The maximum absolute atomic E-state index is 13.7. The molecule has 1 saturated heterocycles. The molecule has 3 amide bonds. The quantitative estimate of drug-likeness (QED) is 0.402. The van der Waals surface area contributed by atoms with Crippen molar-refractivity contribution in [1.29, 1.82) is 0 Å². The Kier molecular flexibility index (Phi) is 9.83. The molecule has 0 saturated carbocycles. The second kappa shape index (κ2) is 13.7. The van der Waals surface area contributed by atoms with Crippen LogP contribution >= 0.6 is 0 Å². The third-order valence-corrected chi connectivity index (χ3v) is 6.26. The van der Waals surface area contributed by atoms with Gasteiger partial charge in [0.25, 0.3) is 0 Å². The number of halogens is 2. The molecule has 1 aliphatic rings. The normalized spacial score (nSPS) is 13.7. The summed E-state index contributed by atoms with van der Waals surface area (Å²) in [5.74, 6) is -0.546. The van der Waals surface area contributed by atoms with Crippen LogP contribution in [0.15, 0.2) is 71.3 Å². The van der Waals surface area contributed by atoms with Crippen LogP contribution in [0.3, 0.4) is 0 Å². The fourth-order valence-electron chi connectivity index (χ4n) is 4.23. The Balaban J connectivity index is 1.46. The molecule has 0 radical (unpaired) electrons. The fourth-order valence-corrected chi connectivity index (χ4v) is 4.23. The summed E-state index contributed by atoms with van der Waals surface area (Å²) in [5.41, 5.74) is 1.05. The zero-order valence-corrected chi connectivity index (χ0v) is 21.2. The minimum atomic E-state index is -0.495. The number of urea groups is 1. The van der Waals surface area contributed by atoms with E-state index in [2.05, 4.69) is 10.2 Å². The van der Waals surface area contributed by atoms with E-state index in [9.17, 15) is 18.4 Å². The van der Waals surface area contributed by atoms with Crippen LogP contribution in [0.2, 0.25) is 0 Å². The van der Waals surface area contributed by atoms with Gasteiger partial charge in [0.05, 0.1) is 26.0 Å². The zero-order chi connectivity index (χ0) is 26.7. The van der Waals surface area contributed by atoms with Gasteiger partial charge in [0.2, 0.25) is 5.91 Å². The molecule has 1 N–H and O–H groups in total. The first-order valence-corrected chi connectivity index (χ1v) is 12.6. The van der Waals surface area contributed by atoms with E-state index in [1.165, 1.54) is 41.5 Å². The molecule has 1 fully saturated rings. The average Bonchev–Trinajstić information content (AvgIpc) is 3.43. The number of carbonyl (C=O) groups is 2. The van der Waals surface area contributed by atoms with Gasteiger partial charge in [-0.15, -0.1) is 0 Å². The lowest BCUT2D eigenvalue weighted by atomic mass is 10.2. The van der Waals surface area contributed by atoms with Gasteiger partial charge in [-0.3, -0.25) is 9.69 Å². The van der Waals surface area contributed by atoms with Gasteiger partial charge in [0.15, 0.2) is 0 Å². The number of benzene rings is 2. The molecule has 3 aromatic rings. The van der Waals surface area contributed by atoms with Gasteiger partial charge in [0.1, 0.15) is 23.9 Å². The lowest BCUT2D eigenvalue weighted by Crippen LogP contribution is -2.45. The largest absolute Gasteiger partial charge is 0.467 e. The molecule has 1 aliphatic heterocycles. The Labute approximate surface area is 220 Å². The third-order valence-electron chi connectivity index (χ3n) is 6.26. The van der Waals surface area contributed by atoms with Crippen LogP contribution < -0.4 is 5.32 Å². The van der Waals surface area contributed by atoms with Crippen molar-refractivity contribution in [2.24, 2.45) is 0 Å². The maximum Gasteiger partial charge on any atom is 0.322 e. The van der Waals surface area contributed by atoms with Crippen LogP contribution in [0.5, 0.6) is 0 Å². The Hall–Kier alpha value is -3.76. The van der Waals surface area contributed by atoms with Gasteiger partial charge in [-0.2, -0.15) is 0 Å². The van der Waals surface area contributed by atoms with Crippen molar-refractivity contribution in [2.45, 2.75) is 19.5 Å². The fraction of sp³-hybridized carbons (Fsp3) is 0.357. The molecule has 0 bridgehead atoms. The number of morpholine rings is 1. The zero-order valence-electron chi connectivity index (χ0n) is 21.2. The topological polar surface area (TPSA) is 78.3 Å². The second-order valence-electron chi connectivity index (χ2n) is 9.13. The Morgan fingerprint density at radius 3 is 2.42 bits per heavy atom. The number of amides is 3. The Bertz CT molecular complexity index is 1170. The van der Waals surface area contributed by atoms with E-state index in [0.29, 0.717) is 37.6 Å². The van der Waals surface area contributed by atoms with Gasteiger partial charge in [-0.25, -0.2) is 13.6 Å². The van der Waals surface area contributed by atoms with E-state index in [0.717, 1.165) is 25.2 Å². The number of hydrogen-bond acceptors (Lipinski definition) is 5. The van der Waals surface area contributed by atoms with Gasteiger partial charge >= 0.3 is 6.03 Å². The van der Waals surface area contributed by atoms with Crippen LogP contribution in [-0.4, -0.2) is 72.6 Å². The number of nitrogens with zero attached hydrogens (tertiary/aromatic N) is 3. The first-order valence-electron chi connectivity index (χ1n) is 12.6. The van der Waals surface area contributed by atoms with Gasteiger partial charge in [-0.1, -0.05) is 18.2 Å². The monoisotopic (exact) mass is 526 g/mol. The maximum atomic E-state index is 13.7. The van der Waals surface area contributed by atoms with Crippen molar-refractivity contribution in [1.82, 2.24) is 14.7 Å². The molecule has 2 heterocycles. The molecule has 4 rings (SSSR count). The number of carbonyl (C=O) groups excluding carboxylic acids is 2. The van der Waals surface area contributed by atoms with Crippen LogP contribution in [0, 0.1) is 11.6 Å². The molecule has 1 aromatic heterocycles. The molecule has 10 heteroatoms. The van der Waals surface area contributed by atoms with Gasteiger partial charge in [-0.05, 0) is 54.4 Å². The summed E-state index contributed by atoms with van der Waals surface area (Å²) >= 11 is 0. The molecule has 8 nitrogen and oxygen atoms in total.